The van der Waals surface area contributed by atoms with Crippen molar-refractivity contribution < 1.29 is 19.1 Å². The lowest BCUT2D eigenvalue weighted by Gasteiger charge is -2.16. The van der Waals surface area contributed by atoms with E-state index in [1.165, 1.54) is 7.11 Å². The fourth-order valence-corrected chi connectivity index (χ4v) is 1.92. The smallest absolute Gasteiger partial charge is 0.396 e. The maximum absolute atomic E-state index is 11.4. The van der Waals surface area contributed by atoms with Gasteiger partial charge in [-0.1, -0.05) is 0 Å². The van der Waals surface area contributed by atoms with Crippen LogP contribution in [-0.2, 0) is 20.9 Å². The minimum Gasteiger partial charge on any atom is -0.496 e. The number of esters is 1. The summed E-state index contributed by atoms with van der Waals surface area (Å²) in [5.74, 6) is -0.812. The Kier molecular flexibility index (Phi) is 4.92. The summed E-state index contributed by atoms with van der Waals surface area (Å²) in [4.78, 5) is 22.4. The topological polar surface area (TPSA) is 64.6 Å². The first kappa shape index (κ1) is 15.0. The Labute approximate surface area is 112 Å². The van der Waals surface area contributed by atoms with E-state index in [2.05, 4.69) is 10.1 Å². The molecule has 0 spiro atoms. The van der Waals surface area contributed by atoms with Crippen molar-refractivity contribution in [3.8, 4) is 5.75 Å². The zero-order valence-electron chi connectivity index (χ0n) is 11.9. The number of methoxy groups -OCH3 is 2. The first-order valence-corrected chi connectivity index (χ1v) is 5.92. The molecular weight excluding hydrogens is 246 g/mol. The molecule has 0 unspecified atom stereocenters. The van der Waals surface area contributed by atoms with Crippen LogP contribution in [0.2, 0.25) is 0 Å². The number of benzene rings is 1. The highest BCUT2D eigenvalue weighted by atomic mass is 16.5. The number of rotatable bonds is 3. The first-order valence-electron chi connectivity index (χ1n) is 5.92. The van der Waals surface area contributed by atoms with Gasteiger partial charge in [0.2, 0.25) is 0 Å². The standard InChI is InChI=1S/C14H19NO4/c1-8-6-12(18-4)10(3)9(2)11(8)7-15-13(16)14(17)19-5/h6H,7H2,1-5H3,(H,15,16). The fraction of sp³-hybridized carbons (Fsp3) is 0.429. The van der Waals surface area contributed by atoms with Gasteiger partial charge in [-0.05, 0) is 49.1 Å². The number of carbonyl (C=O) groups excluding carboxylic acids is 2. The van der Waals surface area contributed by atoms with Crippen LogP contribution in [0.1, 0.15) is 22.3 Å². The molecule has 1 aromatic carbocycles. The van der Waals surface area contributed by atoms with E-state index in [0.717, 1.165) is 28.0 Å². The maximum atomic E-state index is 11.4. The monoisotopic (exact) mass is 265 g/mol. The van der Waals surface area contributed by atoms with Gasteiger partial charge in [-0.15, -0.1) is 0 Å². The second kappa shape index (κ2) is 6.22. The van der Waals surface area contributed by atoms with E-state index in [-0.39, 0.29) is 6.54 Å². The Balaban J connectivity index is 2.94. The molecule has 1 amide bonds. The summed E-state index contributed by atoms with van der Waals surface area (Å²) >= 11 is 0. The summed E-state index contributed by atoms with van der Waals surface area (Å²) < 4.78 is 9.63. The summed E-state index contributed by atoms with van der Waals surface area (Å²) in [5, 5.41) is 2.54. The highest BCUT2D eigenvalue weighted by Gasteiger charge is 2.15. The Morgan fingerprint density at radius 3 is 2.32 bits per heavy atom. The lowest BCUT2D eigenvalue weighted by molar-refractivity contribution is -0.152. The normalized spacial score (nSPS) is 9.95. The van der Waals surface area contributed by atoms with Crippen LogP contribution in [0.15, 0.2) is 6.07 Å². The highest BCUT2D eigenvalue weighted by molar-refractivity contribution is 6.32. The van der Waals surface area contributed by atoms with Gasteiger partial charge in [0.25, 0.3) is 0 Å². The number of amides is 1. The van der Waals surface area contributed by atoms with Crippen LogP contribution in [-0.4, -0.2) is 26.1 Å². The molecule has 0 radical (unpaired) electrons. The molecule has 0 fully saturated rings. The molecule has 5 nitrogen and oxygen atoms in total. The number of carbonyl (C=O) groups is 2. The second-order valence-electron chi connectivity index (χ2n) is 4.30. The maximum Gasteiger partial charge on any atom is 0.396 e. The van der Waals surface area contributed by atoms with Crippen LogP contribution >= 0.6 is 0 Å². The van der Waals surface area contributed by atoms with Gasteiger partial charge in [-0.25, -0.2) is 4.79 Å². The molecule has 0 heterocycles. The minimum atomic E-state index is -0.888. The third-order valence-electron chi connectivity index (χ3n) is 3.22. The number of hydrogen-bond acceptors (Lipinski definition) is 4. The van der Waals surface area contributed by atoms with Crippen molar-refractivity contribution in [2.45, 2.75) is 27.3 Å². The number of aryl methyl sites for hydroxylation is 1. The molecule has 104 valence electrons. The van der Waals surface area contributed by atoms with Gasteiger partial charge in [-0.3, -0.25) is 4.79 Å². The van der Waals surface area contributed by atoms with E-state index in [4.69, 9.17) is 4.74 Å². The molecule has 0 aliphatic heterocycles. The van der Waals surface area contributed by atoms with Crippen molar-refractivity contribution in [3.05, 3.63) is 28.3 Å². The molecule has 0 aliphatic carbocycles. The number of hydrogen-bond donors (Lipinski definition) is 1. The van der Waals surface area contributed by atoms with Crippen molar-refractivity contribution in [2.24, 2.45) is 0 Å². The third kappa shape index (κ3) is 3.24. The van der Waals surface area contributed by atoms with Crippen molar-refractivity contribution in [1.29, 1.82) is 0 Å². The Bertz CT molecular complexity index is 509. The molecule has 1 N–H and O–H groups in total. The van der Waals surface area contributed by atoms with Crippen molar-refractivity contribution in [2.75, 3.05) is 14.2 Å². The van der Waals surface area contributed by atoms with Crippen LogP contribution < -0.4 is 10.1 Å². The lowest BCUT2D eigenvalue weighted by Crippen LogP contribution is -2.31. The van der Waals surface area contributed by atoms with Crippen molar-refractivity contribution >= 4 is 11.9 Å². The molecule has 0 atom stereocenters. The zero-order chi connectivity index (χ0) is 14.6. The number of nitrogens with one attached hydrogen (secondary N) is 1. The molecule has 0 aromatic heterocycles. The predicted molar refractivity (Wildman–Crippen MR) is 71.1 cm³/mol. The van der Waals surface area contributed by atoms with E-state index >= 15 is 0 Å². The van der Waals surface area contributed by atoms with E-state index < -0.39 is 11.9 Å². The van der Waals surface area contributed by atoms with Crippen LogP contribution in [0.3, 0.4) is 0 Å². The van der Waals surface area contributed by atoms with Crippen LogP contribution in [0, 0.1) is 20.8 Å². The molecule has 0 saturated carbocycles. The summed E-state index contributed by atoms with van der Waals surface area (Å²) in [6.45, 7) is 6.15. The first-order chi connectivity index (χ1) is 8.92. The van der Waals surface area contributed by atoms with Gasteiger partial charge in [-0.2, -0.15) is 0 Å². The molecular formula is C14H19NO4. The Morgan fingerprint density at radius 2 is 1.79 bits per heavy atom. The number of ether oxygens (including phenoxy) is 2. The average Bonchev–Trinajstić information content (AvgIpc) is 2.41. The van der Waals surface area contributed by atoms with E-state index in [1.54, 1.807) is 7.11 Å². The van der Waals surface area contributed by atoms with Gasteiger partial charge in [0, 0.05) is 6.54 Å². The van der Waals surface area contributed by atoms with Gasteiger partial charge in [0.1, 0.15) is 5.75 Å². The quantitative estimate of drug-likeness (QED) is 0.663. The highest BCUT2D eigenvalue weighted by Crippen LogP contribution is 2.27. The largest absolute Gasteiger partial charge is 0.496 e. The second-order valence-corrected chi connectivity index (χ2v) is 4.30. The molecule has 19 heavy (non-hydrogen) atoms. The van der Waals surface area contributed by atoms with Crippen LogP contribution in [0.25, 0.3) is 0 Å². The van der Waals surface area contributed by atoms with E-state index in [0.29, 0.717) is 0 Å². The molecule has 0 saturated heterocycles. The molecule has 1 rings (SSSR count). The summed E-state index contributed by atoms with van der Waals surface area (Å²) in [6.07, 6.45) is 0. The van der Waals surface area contributed by atoms with E-state index in [1.807, 2.05) is 26.8 Å². The van der Waals surface area contributed by atoms with Crippen LogP contribution in [0.4, 0.5) is 0 Å². The molecule has 1 aromatic rings. The van der Waals surface area contributed by atoms with Gasteiger partial charge in [0.05, 0.1) is 14.2 Å². The predicted octanol–water partition coefficient (Wildman–Crippen LogP) is 1.41. The fourth-order valence-electron chi connectivity index (χ4n) is 1.92. The van der Waals surface area contributed by atoms with Gasteiger partial charge < -0.3 is 14.8 Å². The summed E-state index contributed by atoms with van der Waals surface area (Å²) in [6, 6.07) is 1.92. The molecule has 5 heteroatoms. The average molecular weight is 265 g/mol. The van der Waals surface area contributed by atoms with Crippen molar-refractivity contribution in [1.82, 2.24) is 5.32 Å². The molecule has 0 bridgehead atoms. The SMILES string of the molecule is COC(=O)C(=O)NCc1c(C)cc(OC)c(C)c1C. The van der Waals surface area contributed by atoms with Gasteiger partial charge >= 0.3 is 11.9 Å². The Morgan fingerprint density at radius 1 is 1.16 bits per heavy atom. The lowest BCUT2D eigenvalue weighted by atomic mass is 9.97. The van der Waals surface area contributed by atoms with E-state index in [9.17, 15) is 9.59 Å². The van der Waals surface area contributed by atoms with Crippen LogP contribution in [0.5, 0.6) is 5.75 Å². The summed E-state index contributed by atoms with van der Waals surface area (Å²) in [5.41, 5.74) is 4.05. The van der Waals surface area contributed by atoms with Crippen molar-refractivity contribution in [3.63, 3.8) is 0 Å². The third-order valence-corrected chi connectivity index (χ3v) is 3.22. The zero-order valence-corrected chi connectivity index (χ0v) is 11.9. The Hall–Kier alpha value is -2.04. The minimum absolute atomic E-state index is 0.288. The van der Waals surface area contributed by atoms with Gasteiger partial charge in [0.15, 0.2) is 0 Å². The molecule has 0 aliphatic rings. The summed E-state index contributed by atoms with van der Waals surface area (Å²) in [7, 11) is 2.80.